The predicted octanol–water partition coefficient (Wildman–Crippen LogP) is 2.44. The first kappa shape index (κ1) is 13.4. The zero-order chi connectivity index (χ0) is 14.0. The van der Waals surface area contributed by atoms with Crippen molar-refractivity contribution in [2.45, 2.75) is 27.2 Å². The number of aromatic nitrogens is 2. The number of nitrogens with zero attached hydrogens (tertiary/aromatic N) is 3. The van der Waals surface area contributed by atoms with E-state index in [1.165, 1.54) is 0 Å². The monoisotopic (exact) mass is 261 g/mol. The molecule has 0 aromatic carbocycles. The van der Waals surface area contributed by atoms with Gasteiger partial charge in [-0.05, 0) is 32.4 Å². The van der Waals surface area contributed by atoms with Crippen molar-refractivity contribution in [2.75, 3.05) is 18.0 Å². The summed E-state index contributed by atoms with van der Waals surface area (Å²) in [5.74, 6) is -0.930. The van der Waals surface area contributed by atoms with Gasteiger partial charge in [-0.1, -0.05) is 6.92 Å². The van der Waals surface area contributed by atoms with E-state index in [0.717, 1.165) is 18.8 Å². The van der Waals surface area contributed by atoms with Crippen LogP contribution in [0.15, 0.2) is 18.3 Å². The van der Waals surface area contributed by atoms with Crippen LogP contribution in [0.1, 0.15) is 37.0 Å². The van der Waals surface area contributed by atoms with Crippen LogP contribution in [0.25, 0.3) is 5.65 Å². The summed E-state index contributed by atoms with van der Waals surface area (Å²) in [6.45, 7) is 7.85. The maximum Gasteiger partial charge on any atom is 0.354 e. The average Bonchev–Trinajstić information content (AvgIpc) is 2.78. The number of aryl methyl sites for hydroxylation is 1. The van der Waals surface area contributed by atoms with Gasteiger partial charge in [-0.3, -0.25) is 4.40 Å². The van der Waals surface area contributed by atoms with E-state index in [2.05, 4.69) is 23.7 Å². The summed E-state index contributed by atoms with van der Waals surface area (Å²) in [5.41, 5.74) is 2.60. The zero-order valence-corrected chi connectivity index (χ0v) is 11.6. The molecule has 0 spiro atoms. The number of pyridine rings is 1. The summed E-state index contributed by atoms with van der Waals surface area (Å²) in [5, 5.41) is 9.35. The van der Waals surface area contributed by atoms with Crippen molar-refractivity contribution < 1.29 is 9.90 Å². The van der Waals surface area contributed by atoms with Crippen LogP contribution in [0.3, 0.4) is 0 Å². The smallest absolute Gasteiger partial charge is 0.354 e. The molecule has 0 aliphatic heterocycles. The molecule has 0 bridgehead atoms. The molecule has 1 N–H and O–H groups in total. The van der Waals surface area contributed by atoms with Crippen molar-refractivity contribution in [3.63, 3.8) is 0 Å². The third-order valence-corrected chi connectivity index (χ3v) is 3.34. The van der Waals surface area contributed by atoms with Gasteiger partial charge in [-0.2, -0.15) is 0 Å². The van der Waals surface area contributed by atoms with E-state index in [-0.39, 0.29) is 5.69 Å². The first-order chi connectivity index (χ1) is 9.12. The number of imidazole rings is 1. The third-order valence-electron chi connectivity index (χ3n) is 3.34. The minimum absolute atomic E-state index is 0.270. The molecule has 0 fully saturated rings. The third kappa shape index (κ3) is 2.28. The van der Waals surface area contributed by atoms with Crippen LogP contribution in [0, 0.1) is 0 Å². The van der Waals surface area contributed by atoms with Gasteiger partial charge in [0.2, 0.25) is 0 Å². The molecule has 2 heterocycles. The van der Waals surface area contributed by atoms with Crippen LogP contribution in [0.4, 0.5) is 5.69 Å². The molecule has 5 heteroatoms. The Morgan fingerprint density at radius 2 is 2.00 bits per heavy atom. The van der Waals surface area contributed by atoms with E-state index in [1.54, 1.807) is 4.40 Å². The number of hydrogen-bond donors (Lipinski definition) is 1. The lowest BCUT2D eigenvalue weighted by molar-refractivity contribution is 0.0688. The Hall–Kier alpha value is -2.04. The highest BCUT2D eigenvalue weighted by molar-refractivity contribution is 5.88. The Kier molecular flexibility index (Phi) is 3.74. The molecule has 0 amide bonds. The minimum Gasteiger partial charge on any atom is -0.477 e. The molecule has 0 unspecified atom stereocenters. The minimum atomic E-state index is -0.930. The summed E-state index contributed by atoms with van der Waals surface area (Å²) >= 11 is 0. The summed E-state index contributed by atoms with van der Waals surface area (Å²) in [4.78, 5) is 17.9. The molecule has 0 saturated heterocycles. The van der Waals surface area contributed by atoms with E-state index < -0.39 is 5.97 Å². The number of hydrogen-bond acceptors (Lipinski definition) is 3. The van der Waals surface area contributed by atoms with Crippen molar-refractivity contribution in [1.29, 1.82) is 0 Å². The molecule has 2 aromatic rings. The molecule has 0 aliphatic rings. The molecule has 0 aliphatic carbocycles. The highest BCUT2D eigenvalue weighted by atomic mass is 16.4. The number of carbonyl (C=O) groups is 1. The number of carboxylic acids is 1. The lowest BCUT2D eigenvalue weighted by atomic mass is 10.2. The number of rotatable bonds is 5. The predicted molar refractivity (Wildman–Crippen MR) is 75.1 cm³/mol. The van der Waals surface area contributed by atoms with Gasteiger partial charge in [0, 0.05) is 19.3 Å². The van der Waals surface area contributed by atoms with Crippen LogP contribution in [-0.4, -0.2) is 33.6 Å². The molecule has 0 atom stereocenters. The van der Waals surface area contributed by atoms with Gasteiger partial charge in [0.15, 0.2) is 5.69 Å². The normalized spacial score (nSPS) is 10.9. The molecule has 2 rings (SSSR count). The van der Waals surface area contributed by atoms with Crippen LogP contribution in [-0.2, 0) is 6.42 Å². The largest absolute Gasteiger partial charge is 0.477 e. The van der Waals surface area contributed by atoms with E-state index >= 15 is 0 Å². The van der Waals surface area contributed by atoms with Crippen LogP contribution in [0.5, 0.6) is 0 Å². The fourth-order valence-electron chi connectivity index (χ4n) is 2.33. The lowest BCUT2D eigenvalue weighted by Gasteiger charge is -2.21. The van der Waals surface area contributed by atoms with Crippen molar-refractivity contribution in [3.8, 4) is 0 Å². The van der Waals surface area contributed by atoms with Crippen LogP contribution < -0.4 is 4.90 Å². The summed E-state index contributed by atoms with van der Waals surface area (Å²) in [6.07, 6.45) is 2.47. The van der Waals surface area contributed by atoms with Crippen molar-refractivity contribution in [1.82, 2.24) is 9.38 Å². The first-order valence-electron chi connectivity index (χ1n) is 6.61. The number of aromatic carboxylic acids is 1. The van der Waals surface area contributed by atoms with Gasteiger partial charge in [0.05, 0.1) is 11.4 Å². The quantitative estimate of drug-likeness (QED) is 0.898. The van der Waals surface area contributed by atoms with E-state index in [0.29, 0.717) is 17.8 Å². The number of fused-ring (bicyclic) bond motifs is 1. The van der Waals surface area contributed by atoms with Gasteiger partial charge < -0.3 is 10.0 Å². The Balaban J connectivity index is 2.63. The molecular formula is C14H19N3O2. The molecule has 19 heavy (non-hydrogen) atoms. The highest BCUT2D eigenvalue weighted by Gasteiger charge is 2.17. The second-order valence-corrected chi connectivity index (χ2v) is 4.35. The van der Waals surface area contributed by atoms with Crippen molar-refractivity contribution in [2.24, 2.45) is 0 Å². The Bertz CT molecular complexity index is 600. The van der Waals surface area contributed by atoms with E-state index in [9.17, 15) is 9.90 Å². The molecule has 5 nitrogen and oxygen atoms in total. The second-order valence-electron chi connectivity index (χ2n) is 4.35. The zero-order valence-electron chi connectivity index (χ0n) is 11.6. The van der Waals surface area contributed by atoms with Gasteiger partial charge >= 0.3 is 5.97 Å². The van der Waals surface area contributed by atoms with Gasteiger partial charge in [0.25, 0.3) is 0 Å². The Labute approximate surface area is 112 Å². The van der Waals surface area contributed by atoms with Gasteiger partial charge in [0.1, 0.15) is 5.65 Å². The van der Waals surface area contributed by atoms with Crippen molar-refractivity contribution >= 4 is 17.3 Å². The van der Waals surface area contributed by atoms with Crippen LogP contribution in [0.2, 0.25) is 0 Å². The maximum atomic E-state index is 11.4. The summed E-state index contributed by atoms with van der Waals surface area (Å²) in [6, 6.07) is 3.86. The van der Waals surface area contributed by atoms with E-state index in [4.69, 9.17) is 0 Å². The van der Waals surface area contributed by atoms with Crippen LogP contribution >= 0.6 is 0 Å². The second kappa shape index (κ2) is 5.30. The van der Waals surface area contributed by atoms with Gasteiger partial charge in [-0.25, -0.2) is 9.78 Å². The fraction of sp³-hybridized carbons (Fsp3) is 0.429. The topological polar surface area (TPSA) is 57.8 Å². The molecule has 0 saturated carbocycles. The summed E-state index contributed by atoms with van der Waals surface area (Å²) < 4.78 is 1.68. The summed E-state index contributed by atoms with van der Waals surface area (Å²) in [7, 11) is 0. The van der Waals surface area contributed by atoms with Crippen molar-refractivity contribution in [3.05, 3.63) is 29.7 Å². The number of carboxylic acid groups (broad SMARTS) is 1. The average molecular weight is 261 g/mol. The molecule has 2 aromatic heterocycles. The maximum absolute atomic E-state index is 11.4. The Morgan fingerprint density at radius 3 is 2.53 bits per heavy atom. The highest BCUT2D eigenvalue weighted by Crippen LogP contribution is 2.19. The first-order valence-corrected chi connectivity index (χ1v) is 6.61. The molecule has 0 radical (unpaired) electrons. The van der Waals surface area contributed by atoms with E-state index in [1.807, 2.05) is 25.3 Å². The SMILES string of the molecule is CCc1nc2ccc(N(CC)CC)cn2c1C(=O)O. The Morgan fingerprint density at radius 1 is 1.32 bits per heavy atom. The standard InChI is InChI=1S/C14H19N3O2/c1-4-11-13(14(18)19)17-9-10(16(5-2)6-3)7-8-12(17)15-11/h7-9H,4-6H2,1-3H3,(H,18,19). The molecular weight excluding hydrogens is 242 g/mol. The lowest BCUT2D eigenvalue weighted by Crippen LogP contribution is -2.22. The van der Waals surface area contributed by atoms with Gasteiger partial charge in [-0.15, -0.1) is 0 Å². The fourth-order valence-corrected chi connectivity index (χ4v) is 2.33. The molecule has 102 valence electrons. The number of anilines is 1.